The van der Waals surface area contributed by atoms with Crippen molar-refractivity contribution in [3.05, 3.63) is 193 Å². The number of benzene rings is 2. The highest BCUT2D eigenvalue weighted by Crippen LogP contribution is 2.30. The fraction of sp³-hybridized carbons (Fsp3) is 0.111. The largest absolute Gasteiger partial charge is 0.399 e. The quantitative estimate of drug-likeness (QED) is 0.0964. The fourth-order valence-corrected chi connectivity index (χ4v) is 4.94. The van der Waals surface area contributed by atoms with Crippen molar-refractivity contribution in [3.63, 3.8) is 0 Å². The van der Waals surface area contributed by atoms with Crippen molar-refractivity contribution in [1.82, 2.24) is 4.57 Å². The van der Waals surface area contributed by atoms with Gasteiger partial charge in [0.1, 0.15) is 0 Å². The Kier molecular flexibility index (Phi) is 18.0. The van der Waals surface area contributed by atoms with E-state index in [0.717, 1.165) is 29.6 Å². The molecule has 0 unspecified atom stereocenters. The number of nitrogens with one attached hydrogen (secondary N) is 2. The zero-order chi connectivity index (χ0) is 35.9. The van der Waals surface area contributed by atoms with Crippen LogP contribution in [0.15, 0.2) is 188 Å². The van der Waals surface area contributed by atoms with Crippen LogP contribution in [0.3, 0.4) is 0 Å². The van der Waals surface area contributed by atoms with Crippen molar-refractivity contribution < 1.29 is 0 Å². The molecule has 0 aliphatic heterocycles. The maximum Gasteiger partial charge on any atom is 0.0509 e. The number of nitrogens with two attached hydrogens (primary N) is 1. The molecule has 0 atom stereocenters. The molecule has 1 heterocycles. The standard InChI is InChI=1S/C19H18N2.C19H22.C7H10N2/c1-3-4-5-6-7-14-8-11-18-17(12-14)16-10-9-15(20)13-19(16)21(18)2;1-5-8-10-18(7-3)19(9-6-2)14-13-17-12-11-16(4)15-17;8-6-4-2-1-3-5-7-9/h3-13H,1,20H2,2H3;5-14H,1-2,15H2,3-4H3;2-9H,1H2/b5-4-,7-6?;10-8-,14-13-,18-7+,19-9+;4-2-,5-3-,8-6?,9-7?. The van der Waals surface area contributed by atoms with Gasteiger partial charge in [-0.3, -0.25) is 0 Å². The van der Waals surface area contributed by atoms with E-state index >= 15 is 0 Å². The molecule has 0 saturated heterocycles. The molecule has 4 heteroatoms. The SMILES string of the molecule is C=C/C=C\C=Cc1ccc2c(c1)c1ccc(N)cc1n2C.C=C\C=C/C(=C\C)C(/C=C\C1=CC=C(C)C1)=C/C=C.N=C/C=C\C/C=C\C=N. The summed E-state index contributed by atoms with van der Waals surface area (Å²) in [6.45, 7) is 15.3. The summed E-state index contributed by atoms with van der Waals surface area (Å²) in [6, 6.07) is 12.6. The summed E-state index contributed by atoms with van der Waals surface area (Å²) in [5.41, 5.74) is 15.3. The second kappa shape index (κ2) is 22.5. The molecular weight excluding hydrogens is 597 g/mol. The number of hydrogen-bond acceptors (Lipinski definition) is 3. The summed E-state index contributed by atoms with van der Waals surface area (Å²) >= 11 is 0. The van der Waals surface area contributed by atoms with E-state index in [1.54, 1.807) is 24.3 Å². The summed E-state index contributed by atoms with van der Waals surface area (Å²) in [5.74, 6) is 0. The van der Waals surface area contributed by atoms with Gasteiger partial charge in [0, 0.05) is 41.5 Å². The zero-order valence-electron chi connectivity index (χ0n) is 29.1. The molecule has 4 nitrogen and oxygen atoms in total. The molecule has 0 bridgehead atoms. The first kappa shape index (κ1) is 39.2. The summed E-state index contributed by atoms with van der Waals surface area (Å²) < 4.78 is 2.19. The molecule has 0 amide bonds. The van der Waals surface area contributed by atoms with Crippen molar-refractivity contribution in [2.45, 2.75) is 26.7 Å². The lowest BCUT2D eigenvalue weighted by molar-refractivity contribution is 1.01. The average Bonchev–Trinajstić information content (AvgIpc) is 3.65. The lowest BCUT2D eigenvalue weighted by Crippen LogP contribution is -1.88. The van der Waals surface area contributed by atoms with Gasteiger partial charge in [0.05, 0.1) is 5.52 Å². The highest BCUT2D eigenvalue weighted by Gasteiger charge is 2.08. The van der Waals surface area contributed by atoms with E-state index in [4.69, 9.17) is 16.6 Å². The van der Waals surface area contributed by atoms with Crippen LogP contribution in [0.2, 0.25) is 0 Å². The minimum Gasteiger partial charge on any atom is -0.399 e. The fourth-order valence-electron chi connectivity index (χ4n) is 4.94. The van der Waals surface area contributed by atoms with Crippen LogP contribution in [0, 0.1) is 10.8 Å². The van der Waals surface area contributed by atoms with E-state index < -0.39 is 0 Å². The summed E-state index contributed by atoms with van der Waals surface area (Å²) in [5, 5.41) is 15.7. The molecule has 4 N–H and O–H groups in total. The van der Waals surface area contributed by atoms with E-state index in [-0.39, 0.29) is 0 Å². The Balaban J connectivity index is 0.000000276. The first-order valence-electron chi connectivity index (χ1n) is 16.2. The number of fused-ring (bicyclic) bond motifs is 3. The molecule has 1 aliphatic rings. The normalized spacial score (nSPS) is 13.7. The van der Waals surface area contributed by atoms with E-state index in [1.165, 1.54) is 51.0 Å². The summed E-state index contributed by atoms with van der Waals surface area (Å²) in [4.78, 5) is 0. The number of nitrogen functional groups attached to an aromatic ring is 1. The smallest absolute Gasteiger partial charge is 0.0509 e. The van der Waals surface area contributed by atoms with Crippen molar-refractivity contribution in [1.29, 1.82) is 10.8 Å². The molecule has 0 spiro atoms. The van der Waals surface area contributed by atoms with Gasteiger partial charge in [-0.1, -0.05) is 141 Å². The van der Waals surface area contributed by atoms with Crippen LogP contribution in [0.4, 0.5) is 5.69 Å². The second-order valence-corrected chi connectivity index (χ2v) is 11.0. The number of rotatable bonds is 13. The maximum absolute atomic E-state index is 6.60. The topological polar surface area (TPSA) is 78.7 Å². The minimum atomic E-state index is 0.795. The van der Waals surface area contributed by atoms with Crippen LogP contribution in [0.5, 0.6) is 0 Å². The predicted octanol–water partition coefficient (Wildman–Crippen LogP) is 12.1. The van der Waals surface area contributed by atoms with E-state index in [9.17, 15) is 0 Å². The Labute approximate surface area is 293 Å². The zero-order valence-corrected chi connectivity index (χ0v) is 29.1. The van der Waals surface area contributed by atoms with Crippen LogP contribution in [0.25, 0.3) is 27.9 Å². The number of aryl methyl sites for hydroxylation is 1. The van der Waals surface area contributed by atoms with Gasteiger partial charge in [0.2, 0.25) is 0 Å². The third-order valence-corrected chi connectivity index (χ3v) is 7.33. The van der Waals surface area contributed by atoms with Crippen molar-refractivity contribution in [2.75, 3.05) is 5.73 Å². The molecular formula is C45H50N4. The van der Waals surface area contributed by atoms with Gasteiger partial charge < -0.3 is 21.1 Å². The number of nitrogens with zero attached hydrogens (tertiary/aromatic N) is 1. The number of allylic oxidation sites excluding steroid dienone is 22. The highest BCUT2D eigenvalue weighted by molar-refractivity contribution is 6.09. The third-order valence-electron chi connectivity index (χ3n) is 7.33. The lowest BCUT2D eigenvalue weighted by atomic mass is 10.0. The maximum atomic E-state index is 6.60. The highest BCUT2D eigenvalue weighted by atomic mass is 14.9. The minimum absolute atomic E-state index is 0.795. The number of aromatic nitrogens is 1. The molecule has 49 heavy (non-hydrogen) atoms. The Hall–Kier alpha value is -6.00. The predicted molar refractivity (Wildman–Crippen MR) is 221 cm³/mol. The average molecular weight is 647 g/mol. The first-order valence-corrected chi connectivity index (χ1v) is 16.2. The van der Waals surface area contributed by atoms with Crippen LogP contribution >= 0.6 is 0 Å². The van der Waals surface area contributed by atoms with Gasteiger partial charge in [-0.2, -0.15) is 0 Å². The van der Waals surface area contributed by atoms with E-state index in [1.807, 2.05) is 67.7 Å². The molecule has 0 fully saturated rings. The van der Waals surface area contributed by atoms with Crippen LogP contribution in [-0.2, 0) is 7.05 Å². The Morgan fingerprint density at radius 1 is 0.776 bits per heavy atom. The van der Waals surface area contributed by atoms with Crippen molar-refractivity contribution in [3.8, 4) is 0 Å². The first-order chi connectivity index (χ1) is 23.8. The Morgan fingerprint density at radius 3 is 2.12 bits per heavy atom. The molecule has 0 saturated carbocycles. The molecule has 1 aromatic heterocycles. The van der Waals surface area contributed by atoms with Crippen LogP contribution in [-0.4, -0.2) is 17.0 Å². The van der Waals surface area contributed by atoms with Gasteiger partial charge in [-0.25, -0.2) is 0 Å². The second-order valence-electron chi connectivity index (χ2n) is 11.0. The van der Waals surface area contributed by atoms with Gasteiger partial charge in [0.15, 0.2) is 0 Å². The summed E-state index contributed by atoms with van der Waals surface area (Å²) in [7, 11) is 2.08. The van der Waals surface area contributed by atoms with Gasteiger partial charge >= 0.3 is 0 Å². The third kappa shape index (κ3) is 13.3. The van der Waals surface area contributed by atoms with Crippen molar-refractivity contribution in [2.24, 2.45) is 7.05 Å². The van der Waals surface area contributed by atoms with E-state index in [0.29, 0.717) is 0 Å². The Bertz CT molecular complexity index is 1900. The molecule has 2 aromatic carbocycles. The molecule has 250 valence electrons. The van der Waals surface area contributed by atoms with Crippen LogP contribution < -0.4 is 5.73 Å². The molecule has 0 radical (unpaired) electrons. The Morgan fingerprint density at radius 2 is 1.51 bits per heavy atom. The van der Waals surface area contributed by atoms with E-state index in [2.05, 4.69) is 105 Å². The number of anilines is 1. The number of hydrogen-bond donors (Lipinski definition) is 3. The molecule has 1 aliphatic carbocycles. The molecule has 4 rings (SSSR count). The van der Waals surface area contributed by atoms with Gasteiger partial charge in [-0.15, -0.1) is 0 Å². The van der Waals surface area contributed by atoms with Gasteiger partial charge in [0.25, 0.3) is 0 Å². The van der Waals surface area contributed by atoms with Gasteiger partial charge in [-0.05, 0) is 85.4 Å². The molecule has 3 aromatic rings. The summed E-state index contributed by atoms with van der Waals surface area (Å²) in [6.07, 6.45) is 41.5. The van der Waals surface area contributed by atoms with Crippen LogP contribution in [0.1, 0.15) is 32.3 Å². The monoisotopic (exact) mass is 646 g/mol. The van der Waals surface area contributed by atoms with Crippen molar-refractivity contribution >= 4 is 46.0 Å². The lowest BCUT2D eigenvalue weighted by Gasteiger charge is -2.03.